The van der Waals surface area contributed by atoms with E-state index in [1.54, 1.807) is 53.7 Å². The molecule has 18 heteroatoms. The highest BCUT2D eigenvalue weighted by molar-refractivity contribution is 8.14. The average Bonchev–Trinajstić information content (AvgIpc) is 3.64. The first kappa shape index (κ1) is 50.1. The maximum absolute atomic E-state index is 13.6. The molecule has 1 aliphatic heterocycles. The molecule has 0 radical (unpaired) electrons. The number of alkyl halides is 5. The molecular formula is C40H39Cl4F5N4O4S. The lowest BCUT2D eigenvalue weighted by molar-refractivity contribution is -0.141. The number of methoxy groups -OCH3 is 1. The van der Waals surface area contributed by atoms with Crippen LogP contribution in [0.15, 0.2) is 41.4 Å². The fourth-order valence-corrected chi connectivity index (χ4v) is 6.81. The third-order valence-corrected chi connectivity index (χ3v) is 9.29. The fraction of sp³-hybridized carbons (Fsp3) is 0.375. The molecule has 2 amide bonds. The maximum Gasteiger partial charge on any atom is 0.434 e. The Hall–Kier alpha value is -4.05. The van der Waals surface area contributed by atoms with Crippen molar-refractivity contribution in [2.75, 3.05) is 19.4 Å². The number of thioether (sulfide) groups is 1. The lowest BCUT2D eigenvalue weighted by Crippen LogP contribution is -2.42. The predicted octanol–water partition coefficient (Wildman–Crippen LogP) is 10.8. The second-order valence-electron chi connectivity index (χ2n) is 13.8. The first-order valence-electron chi connectivity index (χ1n) is 17.0. The van der Waals surface area contributed by atoms with Crippen LogP contribution >= 0.6 is 58.2 Å². The van der Waals surface area contributed by atoms with Crippen LogP contribution in [0.4, 0.5) is 22.0 Å². The van der Waals surface area contributed by atoms with Crippen LogP contribution in [0.2, 0.25) is 20.1 Å². The van der Waals surface area contributed by atoms with E-state index in [1.807, 2.05) is 0 Å². The Labute approximate surface area is 358 Å². The number of nitrogens with zero attached hydrogens (tertiary/aromatic N) is 2. The second kappa shape index (κ2) is 21.3. The number of aliphatic imine (C=N–C) groups is 1. The smallest absolute Gasteiger partial charge is 0.434 e. The Kier molecular flexibility index (Phi) is 18.4. The largest absolute Gasteiger partial charge is 0.465 e. The van der Waals surface area contributed by atoms with Gasteiger partial charge in [-0.3, -0.25) is 14.6 Å². The van der Waals surface area contributed by atoms with Gasteiger partial charge in [0.15, 0.2) is 5.69 Å². The third-order valence-electron chi connectivity index (χ3n) is 7.43. The standard InChI is InChI=1S/C16H17F5N2O2S.2C12H11Cl2NO/c1-7(2)6-8-9(15(24)25-3)11(13(17)18)23-12(16(19,20)21)10(8)14-22-4-5-26-14;2*1-4-12(2,3)15-11(16)8-5-9(13)7-10(14)6-8/h7,13H,4-6H2,1-3H3;2*1,5-7H,2-3H3,(H,15,16). The van der Waals surface area contributed by atoms with E-state index < -0.39 is 52.2 Å². The summed E-state index contributed by atoms with van der Waals surface area (Å²) in [7, 11) is 0.982. The SMILES string of the molecule is C#CC(C)(C)NC(=O)c1cc(Cl)cc(Cl)c1.C#CC(C)(C)NC(=O)c1cc(Cl)cc(Cl)c1.COC(=O)c1c(C(F)F)nc(C(F)(F)F)c(C2=NCCS2)c1CC(C)C. The number of aromatic nitrogens is 1. The average molecular weight is 909 g/mol. The number of pyridine rings is 1. The molecule has 2 heterocycles. The van der Waals surface area contributed by atoms with Crippen molar-refractivity contribution in [1.29, 1.82) is 0 Å². The molecule has 0 saturated carbocycles. The molecule has 0 fully saturated rings. The number of benzene rings is 2. The maximum atomic E-state index is 13.6. The van der Waals surface area contributed by atoms with Gasteiger partial charge >= 0.3 is 12.1 Å². The van der Waals surface area contributed by atoms with Crippen LogP contribution < -0.4 is 10.6 Å². The van der Waals surface area contributed by atoms with Crippen LogP contribution in [0.1, 0.15) is 102 Å². The number of esters is 1. The molecule has 3 aromatic rings. The van der Waals surface area contributed by atoms with Crippen LogP contribution in [0.5, 0.6) is 0 Å². The van der Waals surface area contributed by atoms with Crippen LogP contribution in [0, 0.1) is 30.6 Å². The summed E-state index contributed by atoms with van der Waals surface area (Å²) >= 11 is 24.3. The number of rotatable bonds is 9. The van der Waals surface area contributed by atoms with Crippen LogP contribution in [0.3, 0.4) is 0 Å². The van der Waals surface area contributed by atoms with Gasteiger partial charge in [0.2, 0.25) is 0 Å². The van der Waals surface area contributed by atoms with E-state index in [-0.39, 0.29) is 34.8 Å². The van der Waals surface area contributed by atoms with Crippen molar-refractivity contribution >= 4 is 81.0 Å². The van der Waals surface area contributed by atoms with Crippen molar-refractivity contribution in [1.82, 2.24) is 15.6 Å². The van der Waals surface area contributed by atoms with Crippen molar-refractivity contribution in [3.63, 3.8) is 0 Å². The monoisotopic (exact) mass is 906 g/mol. The van der Waals surface area contributed by atoms with Gasteiger partial charge in [-0.2, -0.15) is 13.2 Å². The zero-order valence-electron chi connectivity index (χ0n) is 32.2. The lowest BCUT2D eigenvalue weighted by atomic mass is 9.91. The highest BCUT2D eigenvalue weighted by Gasteiger charge is 2.42. The van der Waals surface area contributed by atoms with Gasteiger partial charge in [0, 0.05) is 49.1 Å². The van der Waals surface area contributed by atoms with Crippen molar-refractivity contribution in [2.45, 2.75) is 71.6 Å². The summed E-state index contributed by atoms with van der Waals surface area (Å²) in [6, 6.07) is 9.27. The number of carbonyl (C=O) groups excluding carboxylic acids is 3. The molecule has 1 aromatic heterocycles. The third kappa shape index (κ3) is 15.0. The van der Waals surface area contributed by atoms with Gasteiger partial charge < -0.3 is 15.4 Å². The first-order chi connectivity index (χ1) is 26.7. The van der Waals surface area contributed by atoms with Gasteiger partial charge in [0.25, 0.3) is 18.2 Å². The zero-order valence-corrected chi connectivity index (χ0v) is 36.1. The summed E-state index contributed by atoms with van der Waals surface area (Å²) in [4.78, 5) is 42.9. The van der Waals surface area contributed by atoms with Gasteiger partial charge in [0.1, 0.15) is 10.7 Å². The molecule has 0 aliphatic carbocycles. The van der Waals surface area contributed by atoms with E-state index in [2.05, 4.69) is 37.2 Å². The number of nitrogens with one attached hydrogen (secondary N) is 2. The lowest BCUT2D eigenvalue weighted by Gasteiger charge is -2.22. The van der Waals surface area contributed by atoms with Gasteiger partial charge in [0.05, 0.1) is 23.8 Å². The minimum atomic E-state index is -4.97. The van der Waals surface area contributed by atoms with E-state index in [9.17, 15) is 36.3 Å². The molecule has 0 unspecified atom stereocenters. The minimum Gasteiger partial charge on any atom is -0.465 e. The fourth-order valence-electron chi connectivity index (χ4n) is 4.83. The summed E-state index contributed by atoms with van der Waals surface area (Å²) in [6.45, 7) is 10.7. The number of halogens is 9. The molecule has 1 aliphatic rings. The molecule has 312 valence electrons. The number of ether oxygens (including phenoxy) is 1. The Bertz CT molecular complexity index is 2000. The molecule has 8 nitrogen and oxygen atoms in total. The first-order valence-corrected chi connectivity index (χ1v) is 19.5. The number of amides is 2. The molecule has 0 saturated heterocycles. The molecule has 0 bridgehead atoms. The quantitative estimate of drug-likeness (QED) is 0.126. The van der Waals surface area contributed by atoms with E-state index in [0.717, 1.165) is 18.9 Å². The van der Waals surface area contributed by atoms with E-state index in [0.29, 0.717) is 43.5 Å². The Morgan fingerprint density at radius 1 is 0.845 bits per heavy atom. The molecule has 0 atom stereocenters. The number of terminal acetylenes is 2. The molecule has 4 rings (SSSR count). The Morgan fingerprint density at radius 3 is 1.59 bits per heavy atom. The summed E-state index contributed by atoms with van der Waals surface area (Å²) in [6.07, 6.45) is 2.20. The van der Waals surface area contributed by atoms with Gasteiger partial charge in [-0.05, 0) is 82.0 Å². The van der Waals surface area contributed by atoms with Crippen molar-refractivity contribution < 1.29 is 41.1 Å². The Balaban J connectivity index is 0.000000316. The predicted molar refractivity (Wildman–Crippen MR) is 222 cm³/mol. The van der Waals surface area contributed by atoms with Crippen LogP contribution in [-0.4, -0.2) is 58.3 Å². The highest BCUT2D eigenvalue weighted by atomic mass is 35.5. The van der Waals surface area contributed by atoms with Crippen molar-refractivity contribution in [2.24, 2.45) is 10.9 Å². The normalized spacial score (nSPS) is 12.6. The number of hydrogen-bond acceptors (Lipinski definition) is 7. The summed E-state index contributed by atoms with van der Waals surface area (Å²) in [5.74, 6) is 3.49. The molecule has 2 N–H and O–H groups in total. The van der Waals surface area contributed by atoms with Gasteiger partial charge in [-0.15, -0.1) is 24.6 Å². The van der Waals surface area contributed by atoms with Gasteiger partial charge in [-0.25, -0.2) is 18.6 Å². The number of carbonyl (C=O) groups is 3. The second-order valence-corrected chi connectivity index (χ2v) is 16.6. The van der Waals surface area contributed by atoms with E-state index in [4.69, 9.17) is 59.3 Å². The number of hydrogen-bond donors (Lipinski definition) is 2. The highest BCUT2D eigenvalue weighted by Crippen LogP contribution is 2.40. The molecular weight excluding hydrogens is 869 g/mol. The molecule has 2 aromatic carbocycles. The van der Waals surface area contributed by atoms with E-state index in [1.165, 1.54) is 24.3 Å². The summed E-state index contributed by atoms with van der Waals surface area (Å²) in [5, 5.41) is 7.08. The van der Waals surface area contributed by atoms with Crippen LogP contribution in [0.25, 0.3) is 0 Å². The minimum absolute atomic E-state index is 0.0231. The van der Waals surface area contributed by atoms with Crippen LogP contribution in [-0.2, 0) is 17.3 Å². The van der Waals surface area contributed by atoms with Crippen molar-refractivity contribution in [3.05, 3.63) is 95.7 Å². The zero-order chi connectivity index (χ0) is 44.3. The summed E-state index contributed by atoms with van der Waals surface area (Å²) in [5.41, 5.74) is -4.42. The van der Waals surface area contributed by atoms with Crippen molar-refractivity contribution in [3.8, 4) is 24.7 Å². The van der Waals surface area contributed by atoms with E-state index >= 15 is 0 Å². The Morgan fingerprint density at radius 2 is 1.28 bits per heavy atom. The topological polar surface area (TPSA) is 110 Å². The van der Waals surface area contributed by atoms with Gasteiger partial charge in [-0.1, -0.05) is 72.1 Å². The molecule has 58 heavy (non-hydrogen) atoms. The molecule has 0 spiro atoms. The summed E-state index contributed by atoms with van der Waals surface area (Å²) < 4.78 is 72.2.